The second-order valence-corrected chi connectivity index (χ2v) is 4.67. The minimum atomic E-state index is 0.528. The molecule has 0 saturated heterocycles. The van der Waals surface area contributed by atoms with E-state index in [1.165, 1.54) is 18.4 Å². The molecule has 1 saturated carbocycles. The van der Waals surface area contributed by atoms with E-state index in [1.807, 2.05) is 6.07 Å². The van der Waals surface area contributed by atoms with Crippen LogP contribution in [0.2, 0.25) is 0 Å². The SMILES string of the molecule is CCc1cccnc1-c1ncc(N)c(C2CC2)n1. The van der Waals surface area contributed by atoms with Gasteiger partial charge in [0.15, 0.2) is 5.82 Å². The molecule has 1 fully saturated rings. The molecule has 0 aromatic carbocycles. The molecule has 18 heavy (non-hydrogen) atoms. The maximum atomic E-state index is 5.93. The first-order valence-electron chi connectivity index (χ1n) is 6.36. The van der Waals surface area contributed by atoms with E-state index in [2.05, 4.69) is 27.9 Å². The highest BCUT2D eigenvalue weighted by molar-refractivity contribution is 5.57. The van der Waals surface area contributed by atoms with Crippen molar-refractivity contribution in [3.05, 3.63) is 35.8 Å². The van der Waals surface area contributed by atoms with Gasteiger partial charge in [0, 0.05) is 12.1 Å². The Bertz CT molecular complexity index is 576. The number of anilines is 1. The number of nitrogens with two attached hydrogens (primary N) is 1. The summed E-state index contributed by atoms with van der Waals surface area (Å²) in [7, 11) is 0. The summed E-state index contributed by atoms with van der Waals surface area (Å²) in [6.07, 6.45) is 6.79. The van der Waals surface area contributed by atoms with E-state index in [1.54, 1.807) is 12.4 Å². The fraction of sp³-hybridized carbons (Fsp3) is 0.357. The third-order valence-electron chi connectivity index (χ3n) is 3.30. The summed E-state index contributed by atoms with van der Waals surface area (Å²) in [5, 5.41) is 0. The first-order valence-corrected chi connectivity index (χ1v) is 6.36. The molecule has 2 aromatic heterocycles. The average molecular weight is 240 g/mol. The molecule has 0 amide bonds. The lowest BCUT2D eigenvalue weighted by Gasteiger charge is -2.08. The van der Waals surface area contributed by atoms with Crippen molar-refractivity contribution in [3.63, 3.8) is 0 Å². The second kappa shape index (κ2) is 4.37. The molecule has 4 nitrogen and oxygen atoms in total. The lowest BCUT2D eigenvalue weighted by atomic mass is 10.1. The van der Waals surface area contributed by atoms with Crippen molar-refractivity contribution in [1.82, 2.24) is 15.0 Å². The van der Waals surface area contributed by atoms with Crippen molar-refractivity contribution < 1.29 is 0 Å². The number of nitrogens with zero attached hydrogens (tertiary/aromatic N) is 3. The number of nitrogen functional groups attached to an aromatic ring is 1. The molecule has 0 radical (unpaired) electrons. The molecule has 2 aromatic rings. The minimum absolute atomic E-state index is 0.528. The van der Waals surface area contributed by atoms with E-state index < -0.39 is 0 Å². The number of rotatable bonds is 3. The van der Waals surface area contributed by atoms with Crippen LogP contribution >= 0.6 is 0 Å². The van der Waals surface area contributed by atoms with Crippen LogP contribution in [-0.4, -0.2) is 15.0 Å². The zero-order chi connectivity index (χ0) is 12.5. The largest absolute Gasteiger partial charge is 0.396 e. The summed E-state index contributed by atoms with van der Waals surface area (Å²) in [4.78, 5) is 13.3. The van der Waals surface area contributed by atoms with Gasteiger partial charge in [0.05, 0.1) is 17.6 Å². The fourth-order valence-corrected chi connectivity index (χ4v) is 2.13. The van der Waals surface area contributed by atoms with Crippen LogP contribution in [0.4, 0.5) is 5.69 Å². The summed E-state index contributed by atoms with van der Waals surface area (Å²) in [6.45, 7) is 2.11. The molecule has 0 aliphatic heterocycles. The number of hydrogen-bond acceptors (Lipinski definition) is 4. The van der Waals surface area contributed by atoms with Crippen molar-refractivity contribution in [3.8, 4) is 11.5 Å². The van der Waals surface area contributed by atoms with Crippen LogP contribution in [0.3, 0.4) is 0 Å². The molecule has 2 N–H and O–H groups in total. The maximum Gasteiger partial charge on any atom is 0.178 e. The molecular formula is C14H16N4. The molecule has 3 rings (SSSR count). The summed E-state index contributed by atoms with van der Waals surface area (Å²) in [5.74, 6) is 1.23. The van der Waals surface area contributed by atoms with Gasteiger partial charge in [-0.2, -0.15) is 0 Å². The first-order chi connectivity index (χ1) is 8.79. The molecule has 4 heteroatoms. The van der Waals surface area contributed by atoms with Crippen LogP contribution in [0, 0.1) is 0 Å². The van der Waals surface area contributed by atoms with Gasteiger partial charge in [-0.15, -0.1) is 0 Å². The predicted octanol–water partition coefficient (Wildman–Crippen LogP) is 2.56. The van der Waals surface area contributed by atoms with Crippen LogP contribution in [0.5, 0.6) is 0 Å². The molecule has 1 aliphatic carbocycles. The van der Waals surface area contributed by atoms with Gasteiger partial charge >= 0.3 is 0 Å². The van der Waals surface area contributed by atoms with Gasteiger partial charge in [-0.25, -0.2) is 9.97 Å². The molecule has 92 valence electrons. The smallest absolute Gasteiger partial charge is 0.178 e. The van der Waals surface area contributed by atoms with Gasteiger partial charge in [-0.1, -0.05) is 13.0 Å². The van der Waals surface area contributed by atoms with E-state index >= 15 is 0 Å². The van der Waals surface area contributed by atoms with Crippen LogP contribution in [0.25, 0.3) is 11.5 Å². The summed E-state index contributed by atoms with van der Waals surface area (Å²) >= 11 is 0. The maximum absolute atomic E-state index is 5.93. The molecule has 0 atom stereocenters. The number of pyridine rings is 1. The van der Waals surface area contributed by atoms with Crippen molar-refractivity contribution in [1.29, 1.82) is 0 Å². The monoisotopic (exact) mass is 240 g/mol. The Hall–Kier alpha value is -1.97. The summed E-state index contributed by atoms with van der Waals surface area (Å²) in [5.41, 5.74) is 9.68. The van der Waals surface area contributed by atoms with Crippen molar-refractivity contribution in [2.75, 3.05) is 5.73 Å². The van der Waals surface area contributed by atoms with E-state index in [4.69, 9.17) is 5.73 Å². The third kappa shape index (κ3) is 1.94. The van der Waals surface area contributed by atoms with Crippen LogP contribution in [-0.2, 0) is 6.42 Å². The normalized spacial score (nSPS) is 14.7. The highest BCUT2D eigenvalue weighted by Gasteiger charge is 2.28. The highest BCUT2D eigenvalue weighted by atomic mass is 14.9. The molecule has 0 unspecified atom stereocenters. The Morgan fingerprint density at radius 2 is 2.17 bits per heavy atom. The van der Waals surface area contributed by atoms with Crippen molar-refractivity contribution in [2.45, 2.75) is 32.1 Å². The Balaban J connectivity index is 2.08. The fourth-order valence-electron chi connectivity index (χ4n) is 2.13. The van der Waals surface area contributed by atoms with E-state index in [0.717, 1.165) is 17.8 Å². The van der Waals surface area contributed by atoms with Crippen LogP contribution in [0.1, 0.15) is 36.9 Å². The molecule has 0 bridgehead atoms. The Labute approximate surface area is 106 Å². The Morgan fingerprint density at radius 1 is 1.33 bits per heavy atom. The average Bonchev–Trinajstić information content (AvgIpc) is 3.24. The van der Waals surface area contributed by atoms with E-state index in [-0.39, 0.29) is 0 Å². The summed E-state index contributed by atoms with van der Waals surface area (Å²) < 4.78 is 0. The predicted molar refractivity (Wildman–Crippen MR) is 71.0 cm³/mol. The zero-order valence-electron chi connectivity index (χ0n) is 10.4. The number of hydrogen-bond donors (Lipinski definition) is 1. The minimum Gasteiger partial charge on any atom is -0.396 e. The highest BCUT2D eigenvalue weighted by Crippen LogP contribution is 2.41. The standard InChI is InChI=1S/C14H16N4/c1-2-9-4-3-7-16-13(9)14-17-8-11(15)12(18-14)10-5-6-10/h3-4,7-8,10H,2,5-6,15H2,1H3. The first kappa shape index (κ1) is 11.1. The number of aromatic nitrogens is 3. The van der Waals surface area contributed by atoms with Gasteiger partial charge in [0.1, 0.15) is 5.69 Å². The Morgan fingerprint density at radius 3 is 2.89 bits per heavy atom. The van der Waals surface area contributed by atoms with Gasteiger partial charge in [-0.3, -0.25) is 4.98 Å². The van der Waals surface area contributed by atoms with E-state index in [9.17, 15) is 0 Å². The molecule has 1 aliphatic rings. The topological polar surface area (TPSA) is 64.7 Å². The van der Waals surface area contributed by atoms with E-state index in [0.29, 0.717) is 17.4 Å². The second-order valence-electron chi connectivity index (χ2n) is 4.67. The molecular weight excluding hydrogens is 224 g/mol. The molecule has 0 spiro atoms. The lowest BCUT2D eigenvalue weighted by Crippen LogP contribution is -2.02. The lowest BCUT2D eigenvalue weighted by molar-refractivity contribution is 0.984. The zero-order valence-corrected chi connectivity index (χ0v) is 10.4. The summed E-state index contributed by atoms with van der Waals surface area (Å²) in [6, 6.07) is 4.01. The van der Waals surface area contributed by atoms with Crippen LogP contribution < -0.4 is 5.73 Å². The Kier molecular flexibility index (Phi) is 2.70. The molecule has 2 heterocycles. The van der Waals surface area contributed by atoms with Gasteiger partial charge < -0.3 is 5.73 Å². The van der Waals surface area contributed by atoms with Gasteiger partial charge in [0.25, 0.3) is 0 Å². The third-order valence-corrected chi connectivity index (χ3v) is 3.30. The van der Waals surface area contributed by atoms with Gasteiger partial charge in [0.2, 0.25) is 0 Å². The van der Waals surface area contributed by atoms with Crippen LogP contribution in [0.15, 0.2) is 24.5 Å². The van der Waals surface area contributed by atoms with Crippen molar-refractivity contribution in [2.24, 2.45) is 0 Å². The van der Waals surface area contributed by atoms with Gasteiger partial charge in [-0.05, 0) is 30.9 Å². The quantitative estimate of drug-likeness (QED) is 0.895. The number of aryl methyl sites for hydroxylation is 1. The van der Waals surface area contributed by atoms with Crippen molar-refractivity contribution >= 4 is 5.69 Å².